The average molecular weight is 749 g/mol. The van der Waals surface area contributed by atoms with Crippen LogP contribution in [0.4, 0.5) is 27.4 Å². The highest BCUT2D eigenvalue weighted by molar-refractivity contribution is 6.08. The number of anilines is 4. The highest BCUT2D eigenvalue weighted by atomic mass is 19.1. The van der Waals surface area contributed by atoms with E-state index in [1.807, 2.05) is 33.8 Å². The molecule has 2 aromatic heterocycles. The van der Waals surface area contributed by atoms with E-state index >= 15 is 4.39 Å². The van der Waals surface area contributed by atoms with Crippen molar-refractivity contribution in [2.45, 2.75) is 51.6 Å². The Balaban J connectivity index is 1.22. The van der Waals surface area contributed by atoms with Crippen molar-refractivity contribution >= 4 is 40.7 Å². The van der Waals surface area contributed by atoms with Gasteiger partial charge in [-0.3, -0.25) is 29.0 Å². The molecule has 2 fully saturated rings. The lowest BCUT2D eigenvalue weighted by atomic mass is 9.83. The van der Waals surface area contributed by atoms with Gasteiger partial charge < -0.3 is 24.8 Å². The number of nitrogens with zero attached hydrogens (tertiary/aromatic N) is 6. The number of carbonyl (C=O) groups excluding carboxylic acids is 3. The molecule has 14 heteroatoms. The Morgan fingerprint density at radius 2 is 1.82 bits per heavy atom. The zero-order chi connectivity index (χ0) is 39.3. The summed E-state index contributed by atoms with van der Waals surface area (Å²) < 4.78 is 22.3. The molecule has 4 aromatic rings. The first kappa shape index (κ1) is 37.6. The van der Waals surface area contributed by atoms with Crippen molar-refractivity contribution in [3.63, 3.8) is 0 Å². The van der Waals surface area contributed by atoms with Gasteiger partial charge in [-0.05, 0) is 60.2 Å². The maximum absolute atomic E-state index is 15.5. The summed E-state index contributed by atoms with van der Waals surface area (Å²) in [5.41, 5.74) is 4.00. The third-order valence-electron chi connectivity index (χ3n) is 10.7. The van der Waals surface area contributed by atoms with Crippen molar-refractivity contribution in [2.75, 3.05) is 55.4 Å². The number of ether oxygens (including phenoxy) is 1. The Morgan fingerprint density at radius 3 is 2.51 bits per heavy atom. The minimum atomic E-state index is -0.655. The summed E-state index contributed by atoms with van der Waals surface area (Å²) in [5.74, 6) is -1.19. The van der Waals surface area contributed by atoms with E-state index in [9.17, 15) is 19.2 Å². The Labute approximate surface area is 318 Å². The second-order valence-corrected chi connectivity index (χ2v) is 15.4. The molecule has 13 nitrogen and oxygen atoms in total. The number of benzene rings is 2. The molecule has 3 aliphatic rings. The monoisotopic (exact) mass is 748 g/mol. The molecule has 1 atom stereocenters. The summed E-state index contributed by atoms with van der Waals surface area (Å²) in [6.45, 7) is 14.0. The fourth-order valence-corrected chi connectivity index (χ4v) is 7.37. The predicted molar refractivity (Wildman–Crippen MR) is 208 cm³/mol. The van der Waals surface area contributed by atoms with Gasteiger partial charge in [0.1, 0.15) is 17.7 Å². The van der Waals surface area contributed by atoms with Gasteiger partial charge in [-0.25, -0.2) is 14.4 Å². The smallest absolute Gasteiger partial charge is 0.293 e. The highest BCUT2D eigenvalue weighted by Crippen LogP contribution is 2.37. The van der Waals surface area contributed by atoms with Crippen LogP contribution >= 0.6 is 0 Å². The van der Waals surface area contributed by atoms with Crippen LogP contribution in [0.5, 0.6) is 0 Å². The van der Waals surface area contributed by atoms with Crippen molar-refractivity contribution in [3.8, 4) is 11.3 Å². The molecule has 3 aliphatic heterocycles. The number of amides is 3. The molecule has 7 rings (SSSR count). The summed E-state index contributed by atoms with van der Waals surface area (Å²) >= 11 is 0. The second kappa shape index (κ2) is 14.5. The lowest BCUT2D eigenvalue weighted by Crippen LogP contribution is -2.59. The van der Waals surface area contributed by atoms with Crippen LogP contribution in [0, 0.1) is 12.7 Å². The van der Waals surface area contributed by atoms with E-state index in [0.29, 0.717) is 84.4 Å². The van der Waals surface area contributed by atoms with Crippen LogP contribution in [-0.4, -0.2) is 88.0 Å². The summed E-state index contributed by atoms with van der Waals surface area (Å²) in [7, 11) is 3.37. The van der Waals surface area contributed by atoms with Crippen LogP contribution < -0.4 is 21.1 Å². The van der Waals surface area contributed by atoms with E-state index in [2.05, 4.69) is 27.1 Å². The number of aromatic nitrogens is 3. The van der Waals surface area contributed by atoms with Gasteiger partial charge in [-0.15, -0.1) is 0 Å². The van der Waals surface area contributed by atoms with E-state index in [1.54, 1.807) is 55.7 Å². The SMILES string of the molecule is C=CC(=O)Nc1cc(Nc2nc(-c3ccnc(N4CCc5cc(C(C)(C)C)cc(F)c5C4=O)c3C)cn(C)c2=O)ccc1C1C(=O)N(C)CCN1C1COC1. The Hall–Kier alpha value is -5.73. The Kier molecular flexibility index (Phi) is 9.90. The molecule has 3 amide bonds. The largest absolute Gasteiger partial charge is 0.378 e. The number of aryl methyl sites for hydroxylation is 1. The van der Waals surface area contributed by atoms with Crippen molar-refractivity contribution < 1.29 is 23.5 Å². The van der Waals surface area contributed by atoms with Crippen molar-refractivity contribution in [3.05, 3.63) is 105 Å². The molecule has 0 saturated carbocycles. The van der Waals surface area contributed by atoms with Gasteiger partial charge in [0.25, 0.3) is 11.5 Å². The predicted octanol–water partition coefficient (Wildman–Crippen LogP) is 4.87. The minimum Gasteiger partial charge on any atom is -0.378 e. The number of likely N-dealkylation sites (N-methyl/N-ethyl adjacent to an activating group) is 1. The second-order valence-electron chi connectivity index (χ2n) is 15.4. The fourth-order valence-electron chi connectivity index (χ4n) is 7.37. The molecule has 55 heavy (non-hydrogen) atoms. The molecule has 2 aromatic carbocycles. The molecule has 0 aliphatic carbocycles. The molecular weight excluding hydrogens is 704 g/mol. The number of hydrogen-bond donors (Lipinski definition) is 2. The summed E-state index contributed by atoms with van der Waals surface area (Å²) in [6.07, 6.45) is 4.78. The average Bonchev–Trinajstić information content (AvgIpc) is 3.11. The number of halogens is 1. The quantitative estimate of drug-likeness (QED) is 0.242. The maximum Gasteiger partial charge on any atom is 0.293 e. The summed E-state index contributed by atoms with van der Waals surface area (Å²) in [6, 6.07) is 9.71. The molecular formula is C41H45FN8O5. The molecule has 0 bridgehead atoms. The van der Waals surface area contributed by atoms with E-state index in [4.69, 9.17) is 9.72 Å². The number of pyridine rings is 1. The van der Waals surface area contributed by atoms with Crippen LogP contribution in [0.15, 0.2) is 66.2 Å². The number of piperazine rings is 1. The van der Waals surface area contributed by atoms with Gasteiger partial charge in [-0.1, -0.05) is 39.5 Å². The first-order valence-corrected chi connectivity index (χ1v) is 18.3. The van der Waals surface area contributed by atoms with Gasteiger partial charge in [0, 0.05) is 74.2 Å². The zero-order valence-corrected chi connectivity index (χ0v) is 31.9. The molecule has 5 heterocycles. The van der Waals surface area contributed by atoms with E-state index in [0.717, 1.165) is 11.6 Å². The van der Waals surface area contributed by atoms with Crippen LogP contribution in [0.1, 0.15) is 59.4 Å². The van der Waals surface area contributed by atoms with E-state index in [1.165, 1.54) is 15.5 Å². The van der Waals surface area contributed by atoms with Crippen molar-refractivity contribution in [1.82, 2.24) is 24.3 Å². The van der Waals surface area contributed by atoms with E-state index < -0.39 is 29.2 Å². The number of fused-ring (bicyclic) bond motifs is 1. The molecule has 0 radical (unpaired) electrons. The van der Waals surface area contributed by atoms with Gasteiger partial charge >= 0.3 is 0 Å². The van der Waals surface area contributed by atoms with Gasteiger partial charge in [0.2, 0.25) is 11.8 Å². The maximum atomic E-state index is 15.5. The first-order chi connectivity index (χ1) is 26.2. The number of hydrogen-bond acceptors (Lipinski definition) is 9. The van der Waals surface area contributed by atoms with Crippen LogP contribution in [0.2, 0.25) is 0 Å². The number of carbonyl (C=O) groups is 3. The normalized spacial score (nSPS) is 17.8. The first-order valence-electron chi connectivity index (χ1n) is 18.3. The van der Waals surface area contributed by atoms with Crippen LogP contribution in [-0.2, 0) is 33.2 Å². The third-order valence-corrected chi connectivity index (χ3v) is 10.7. The zero-order valence-electron chi connectivity index (χ0n) is 31.9. The molecule has 2 saturated heterocycles. The van der Waals surface area contributed by atoms with Gasteiger partial charge in [-0.2, -0.15) is 0 Å². The summed E-state index contributed by atoms with van der Waals surface area (Å²) in [5, 5.41) is 5.98. The molecule has 0 spiro atoms. The van der Waals surface area contributed by atoms with Gasteiger partial charge in [0.05, 0.1) is 30.5 Å². The number of nitrogens with one attached hydrogen (secondary N) is 2. The van der Waals surface area contributed by atoms with Crippen molar-refractivity contribution in [1.29, 1.82) is 0 Å². The van der Waals surface area contributed by atoms with Crippen molar-refractivity contribution in [2.24, 2.45) is 7.05 Å². The Morgan fingerprint density at radius 1 is 1.05 bits per heavy atom. The van der Waals surface area contributed by atoms with Crippen LogP contribution in [0.3, 0.4) is 0 Å². The molecule has 2 N–H and O–H groups in total. The minimum absolute atomic E-state index is 0.00734. The lowest BCUT2D eigenvalue weighted by Gasteiger charge is -2.46. The third kappa shape index (κ3) is 7.03. The fraction of sp³-hybridized carbons (Fsp3) is 0.366. The molecule has 1 unspecified atom stereocenters. The van der Waals surface area contributed by atoms with Gasteiger partial charge in [0.15, 0.2) is 5.82 Å². The highest BCUT2D eigenvalue weighted by Gasteiger charge is 2.42. The van der Waals surface area contributed by atoms with Crippen LogP contribution in [0.25, 0.3) is 11.3 Å². The lowest BCUT2D eigenvalue weighted by molar-refractivity contribution is -0.151. The summed E-state index contributed by atoms with van der Waals surface area (Å²) in [4.78, 5) is 68.1. The number of rotatable bonds is 8. The van der Waals surface area contributed by atoms with E-state index in [-0.39, 0.29) is 28.7 Å². The Bertz CT molecular complexity index is 2300. The molecule has 286 valence electrons. The standard InChI is InChI=1S/C41H45FN8O5/c1-8-33(51)45-31-19-26(9-10-29(31)35-39(53)47(6)15-16-49(35)27-21-55-22-27)44-36-40(54)48(7)20-32(46-36)28-11-13-43-37(23(28)2)50-14-12-24-17-25(41(3,4)5)18-30(42)34(24)38(50)52/h8-11,13,17-20,27,35H,1,12,14-16,21-22H2,2-7H3,(H,44,46)(H,45,51). The topological polar surface area (TPSA) is 142 Å².